The Morgan fingerprint density at radius 1 is 1.15 bits per heavy atom. The molecule has 5 heterocycles. The summed E-state index contributed by atoms with van der Waals surface area (Å²) in [5.74, 6) is 1.01. The van der Waals surface area contributed by atoms with E-state index in [9.17, 15) is 4.79 Å². The second-order valence-corrected chi connectivity index (χ2v) is 9.77. The van der Waals surface area contributed by atoms with Crippen LogP contribution in [0.15, 0.2) is 42.7 Å². The molecule has 1 saturated heterocycles. The topological polar surface area (TPSA) is 100 Å². The van der Waals surface area contributed by atoms with Crippen LogP contribution in [0.4, 0.5) is 11.6 Å². The number of hydrogen-bond acceptors (Lipinski definition) is 9. The van der Waals surface area contributed by atoms with Crippen molar-refractivity contribution in [2.45, 2.75) is 25.8 Å². The van der Waals surface area contributed by atoms with Gasteiger partial charge in [0.2, 0.25) is 0 Å². The predicted octanol–water partition coefficient (Wildman–Crippen LogP) is 3.63. The molecule has 174 valence electrons. The molecule has 9 nitrogen and oxygen atoms in total. The molecule has 5 rings (SSSR count). The standard InChI is InChI=1S/C24H26N8OS/c1-15-29-30-24(34-15)19-5-4-17-14-26-21(13-20(17)27-19)28-23(33)16-6-9-25-22(12-16)32(3)18-7-10-31(2)11-8-18/h4-6,9,12-14,18H,7-8,10-11H2,1-3H3,(H,26,28,33). The predicted molar refractivity (Wildman–Crippen MR) is 134 cm³/mol. The summed E-state index contributed by atoms with van der Waals surface area (Å²) < 4.78 is 0. The van der Waals surface area contributed by atoms with Crippen molar-refractivity contribution in [1.82, 2.24) is 30.0 Å². The van der Waals surface area contributed by atoms with Crippen molar-refractivity contribution in [2.24, 2.45) is 0 Å². The Kier molecular flexibility index (Phi) is 6.16. The molecular formula is C24H26N8OS. The van der Waals surface area contributed by atoms with Gasteiger partial charge in [-0.15, -0.1) is 10.2 Å². The van der Waals surface area contributed by atoms with E-state index in [1.807, 2.05) is 32.2 Å². The number of amides is 1. The molecule has 10 heteroatoms. The summed E-state index contributed by atoms with van der Waals surface area (Å²) in [5, 5.41) is 13.7. The highest BCUT2D eigenvalue weighted by Gasteiger charge is 2.22. The monoisotopic (exact) mass is 474 g/mol. The highest BCUT2D eigenvalue weighted by Crippen LogP contribution is 2.25. The number of aryl methyl sites for hydroxylation is 1. The molecule has 0 saturated carbocycles. The Morgan fingerprint density at radius 2 is 1.97 bits per heavy atom. The zero-order valence-corrected chi connectivity index (χ0v) is 20.2. The Morgan fingerprint density at radius 3 is 2.74 bits per heavy atom. The summed E-state index contributed by atoms with van der Waals surface area (Å²) in [6, 6.07) is 9.60. The number of piperidine rings is 1. The molecule has 1 amide bonds. The molecule has 0 unspecified atom stereocenters. The van der Waals surface area contributed by atoms with Crippen molar-refractivity contribution in [1.29, 1.82) is 0 Å². The number of nitrogens with one attached hydrogen (secondary N) is 1. The van der Waals surface area contributed by atoms with Crippen LogP contribution in [0.5, 0.6) is 0 Å². The average molecular weight is 475 g/mol. The molecule has 0 aromatic carbocycles. The lowest BCUT2D eigenvalue weighted by atomic mass is 10.0. The van der Waals surface area contributed by atoms with Crippen molar-refractivity contribution >= 4 is 39.8 Å². The molecular weight excluding hydrogens is 448 g/mol. The van der Waals surface area contributed by atoms with E-state index >= 15 is 0 Å². The average Bonchev–Trinajstić information content (AvgIpc) is 3.30. The molecule has 1 aliphatic rings. The van der Waals surface area contributed by atoms with Crippen LogP contribution in [-0.4, -0.2) is 69.2 Å². The molecule has 0 aliphatic carbocycles. The Hall–Kier alpha value is -3.50. The van der Waals surface area contributed by atoms with Gasteiger partial charge in [0.25, 0.3) is 5.91 Å². The Labute approximate surface area is 201 Å². The van der Waals surface area contributed by atoms with Crippen LogP contribution in [-0.2, 0) is 0 Å². The number of fused-ring (bicyclic) bond motifs is 1. The van der Waals surface area contributed by atoms with E-state index in [1.54, 1.807) is 24.5 Å². The highest BCUT2D eigenvalue weighted by molar-refractivity contribution is 7.14. The molecule has 0 atom stereocenters. The Balaban J connectivity index is 1.33. The minimum Gasteiger partial charge on any atom is -0.357 e. The fourth-order valence-electron chi connectivity index (χ4n) is 4.11. The summed E-state index contributed by atoms with van der Waals surface area (Å²) in [6.45, 7) is 4.05. The van der Waals surface area contributed by atoms with Crippen molar-refractivity contribution in [3.8, 4) is 10.7 Å². The van der Waals surface area contributed by atoms with Crippen molar-refractivity contribution < 1.29 is 4.79 Å². The summed E-state index contributed by atoms with van der Waals surface area (Å²) in [7, 11) is 4.20. The quantitative estimate of drug-likeness (QED) is 0.468. The van der Waals surface area contributed by atoms with Crippen LogP contribution < -0.4 is 10.2 Å². The number of hydrogen-bond donors (Lipinski definition) is 1. The maximum Gasteiger partial charge on any atom is 0.257 e. The number of rotatable bonds is 5. The molecule has 0 radical (unpaired) electrons. The molecule has 4 aromatic heterocycles. The number of aromatic nitrogens is 5. The highest BCUT2D eigenvalue weighted by atomic mass is 32.1. The first-order valence-corrected chi connectivity index (χ1v) is 12.0. The maximum absolute atomic E-state index is 13.0. The zero-order valence-electron chi connectivity index (χ0n) is 19.4. The first kappa shape index (κ1) is 22.3. The van der Waals surface area contributed by atoms with Gasteiger partial charge < -0.3 is 15.1 Å². The molecule has 1 fully saturated rings. The number of likely N-dealkylation sites (tertiary alicyclic amines) is 1. The third-order valence-electron chi connectivity index (χ3n) is 6.17. The smallest absolute Gasteiger partial charge is 0.257 e. The van der Waals surface area contributed by atoms with Crippen LogP contribution in [0.1, 0.15) is 28.2 Å². The number of pyridine rings is 3. The second-order valence-electron chi connectivity index (χ2n) is 8.59. The molecule has 0 spiro atoms. The van der Waals surface area contributed by atoms with Gasteiger partial charge in [-0.05, 0) is 64.2 Å². The van der Waals surface area contributed by atoms with Crippen LogP contribution in [0.25, 0.3) is 21.6 Å². The Bertz CT molecular complexity index is 1330. The minimum absolute atomic E-state index is 0.233. The van der Waals surface area contributed by atoms with Crippen LogP contribution in [0, 0.1) is 6.92 Å². The number of nitrogens with zero attached hydrogens (tertiary/aromatic N) is 7. The van der Waals surface area contributed by atoms with Gasteiger partial charge in [-0.3, -0.25) is 4.79 Å². The summed E-state index contributed by atoms with van der Waals surface area (Å²) in [6.07, 6.45) is 5.55. The minimum atomic E-state index is -0.233. The summed E-state index contributed by atoms with van der Waals surface area (Å²) in [5.41, 5.74) is 2.02. The largest absolute Gasteiger partial charge is 0.357 e. The normalized spacial score (nSPS) is 14.9. The van der Waals surface area contributed by atoms with Gasteiger partial charge in [0.15, 0.2) is 5.01 Å². The number of carbonyl (C=O) groups excluding carboxylic acids is 1. The molecule has 34 heavy (non-hydrogen) atoms. The SMILES string of the molecule is Cc1nnc(-c2ccc3cnc(NC(=O)c4ccnc(N(C)C5CCN(C)CC5)c4)cc3n2)s1. The van der Waals surface area contributed by atoms with Gasteiger partial charge in [0.05, 0.1) is 5.52 Å². The first-order valence-electron chi connectivity index (χ1n) is 11.2. The van der Waals surface area contributed by atoms with Gasteiger partial charge in [-0.2, -0.15) is 0 Å². The van der Waals surface area contributed by atoms with E-state index in [2.05, 4.69) is 42.3 Å². The van der Waals surface area contributed by atoms with Crippen LogP contribution >= 0.6 is 11.3 Å². The molecule has 1 N–H and O–H groups in total. The fraction of sp³-hybridized carbons (Fsp3) is 0.333. The summed E-state index contributed by atoms with van der Waals surface area (Å²) >= 11 is 1.49. The maximum atomic E-state index is 13.0. The van der Waals surface area contributed by atoms with E-state index in [4.69, 9.17) is 4.98 Å². The molecule has 0 bridgehead atoms. The van der Waals surface area contributed by atoms with E-state index in [0.29, 0.717) is 17.4 Å². The van der Waals surface area contributed by atoms with Crippen molar-refractivity contribution in [3.05, 3.63) is 53.3 Å². The van der Waals surface area contributed by atoms with Gasteiger partial charge in [0.1, 0.15) is 22.3 Å². The third kappa shape index (κ3) is 4.73. The zero-order chi connectivity index (χ0) is 23.7. The van der Waals surface area contributed by atoms with Crippen molar-refractivity contribution in [3.63, 3.8) is 0 Å². The molecule has 1 aliphatic heterocycles. The van der Waals surface area contributed by atoms with Crippen molar-refractivity contribution in [2.75, 3.05) is 37.4 Å². The van der Waals surface area contributed by atoms with Gasteiger partial charge in [0, 0.05) is 42.5 Å². The fourth-order valence-corrected chi connectivity index (χ4v) is 4.78. The third-order valence-corrected chi connectivity index (χ3v) is 7.03. The summed E-state index contributed by atoms with van der Waals surface area (Å²) in [4.78, 5) is 31.1. The lowest BCUT2D eigenvalue weighted by Crippen LogP contribution is -2.42. The van der Waals surface area contributed by atoms with Crippen LogP contribution in [0.2, 0.25) is 0 Å². The van der Waals surface area contributed by atoms with Gasteiger partial charge in [-0.1, -0.05) is 11.3 Å². The number of carbonyl (C=O) groups is 1. The van der Waals surface area contributed by atoms with E-state index in [0.717, 1.165) is 58.4 Å². The van der Waals surface area contributed by atoms with Gasteiger partial charge >= 0.3 is 0 Å². The van der Waals surface area contributed by atoms with E-state index in [1.165, 1.54) is 11.3 Å². The van der Waals surface area contributed by atoms with E-state index in [-0.39, 0.29) is 5.91 Å². The lowest BCUT2D eigenvalue weighted by molar-refractivity contribution is 0.102. The van der Waals surface area contributed by atoms with E-state index < -0.39 is 0 Å². The lowest BCUT2D eigenvalue weighted by Gasteiger charge is -2.35. The first-order chi connectivity index (χ1) is 16.5. The number of anilines is 2. The second kappa shape index (κ2) is 9.40. The van der Waals surface area contributed by atoms with Crippen LogP contribution in [0.3, 0.4) is 0 Å². The molecule has 4 aromatic rings. The van der Waals surface area contributed by atoms with Gasteiger partial charge in [-0.25, -0.2) is 15.0 Å².